The minimum Gasteiger partial charge on any atom is -0.349 e. The van der Waals surface area contributed by atoms with Gasteiger partial charge in [0, 0.05) is 34.9 Å². The number of Topliss-reactive ketones (excluding diaryl/α,β-unsaturated/α-hetero) is 1. The van der Waals surface area contributed by atoms with Gasteiger partial charge in [0.25, 0.3) is 0 Å². The van der Waals surface area contributed by atoms with Crippen LogP contribution in [0.4, 0.5) is 0 Å². The Morgan fingerprint density at radius 2 is 2.11 bits per heavy atom. The van der Waals surface area contributed by atoms with E-state index in [1.165, 1.54) is 5.56 Å². The fourth-order valence-electron chi connectivity index (χ4n) is 1.86. The summed E-state index contributed by atoms with van der Waals surface area (Å²) in [6, 6.07) is 10.1. The highest BCUT2D eigenvalue weighted by molar-refractivity contribution is 9.10. The second kappa shape index (κ2) is 5.53. The molecule has 0 saturated heterocycles. The van der Waals surface area contributed by atoms with E-state index in [1.54, 1.807) is 0 Å². The largest absolute Gasteiger partial charge is 0.349 e. The van der Waals surface area contributed by atoms with Crippen molar-refractivity contribution in [3.05, 3.63) is 58.3 Å². The summed E-state index contributed by atoms with van der Waals surface area (Å²) >= 11 is 3.46. The number of carbonyl (C=O) groups is 1. The van der Waals surface area contributed by atoms with Crippen LogP contribution in [0.1, 0.15) is 29.8 Å². The molecule has 0 aliphatic rings. The van der Waals surface area contributed by atoms with Crippen molar-refractivity contribution in [2.24, 2.45) is 5.92 Å². The minimum atomic E-state index is 0.0479. The molecule has 0 unspecified atom stereocenters. The van der Waals surface area contributed by atoms with Crippen LogP contribution in [0.15, 0.2) is 47.2 Å². The van der Waals surface area contributed by atoms with Crippen LogP contribution in [0, 0.1) is 5.92 Å². The van der Waals surface area contributed by atoms with Crippen molar-refractivity contribution in [1.29, 1.82) is 0 Å². The lowest BCUT2D eigenvalue weighted by Crippen LogP contribution is -2.06. The maximum absolute atomic E-state index is 11.8. The van der Waals surface area contributed by atoms with Crippen LogP contribution in [0.25, 0.3) is 0 Å². The topological polar surface area (TPSA) is 22.0 Å². The van der Waals surface area contributed by atoms with E-state index in [0.717, 1.165) is 16.6 Å². The lowest BCUT2D eigenvalue weighted by Gasteiger charge is -2.04. The number of carbonyl (C=O) groups excluding carboxylic acids is 1. The van der Waals surface area contributed by atoms with Crippen molar-refractivity contribution >= 4 is 21.7 Å². The normalized spacial score (nSPS) is 10.9. The van der Waals surface area contributed by atoms with Gasteiger partial charge in [0.05, 0.1) is 0 Å². The van der Waals surface area contributed by atoms with Gasteiger partial charge in [-0.05, 0) is 23.8 Å². The van der Waals surface area contributed by atoms with E-state index >= 15 is 0 Å². The molecule has 0 bridgehead atoms. The highest BCUT2D eigenvalue weighted by Gasteiger charge is 2.11. The number of aromatic nitrogens is 1. The molecule has 0 aliphatic carbocycles. The second-order valence-corrected chi connectivity index (χ2v) is 5.64. The third kappa shape index (κ3) is 3.10. The molecule has 0 radical (unpaired) electrons. The van der Waals surface area contributed by atoms with Crippen molar-refractivity contribution in [2.45, 2.75) is 20.4 Å². The molecule has 0 amide bonds. The maximum Gasteiger partial charge on any atom is 0.166 e. The molecule has 18 heavy (non-hydrogen) atoms. The van der Waals surface area contributed by atoms with E-state index in [-0.39, 0.29) is 11.7 Å². The first-order chi connectivity index (χ1) is 8.56. The van der Waals surface area contributed by atoms with Crippen LogP contribution in [0.2, 0.25) is 0 Å². The summed E-state index contributed by atoms with van der Waals surface area (Å²) in [5.74, 6) is 0.245. The summed E-state index contributed by atoms with van der Waals surface area (Å²) in [7, 11) is 0. The molecule has 2 aromatic rings. The van der Waals surface area contributed by atoms with E-state index in [9.17, 15) is 4.79 Å². The zero-order valence-corrected chi connectivity index (χ0v) is 12.1. The average Bonchev–Trinajstić information content (AvgIpc) is 2.76. The van der Waals surface area contributed by atoms with E-state index in [0.29, 0.717) is 0 Å². The third-order valence-electron chi connectivity index (χ3n) is 2.81. The molecule has 2 rings (SSSR count). The maximum atomic E-state index is 11.8. The van der Waals surface area contributed by atoms with Crippen molar-refractivity contribution in [1.82, 2.24) is 4.57 Å². The third-order valence-corrected chi connectivity index (χ3v) is 3.31. The van der Waals surface area contributed by atoms with Gasteiger partial charge in [0.1, 0.15) is 0 Å². The number of rotatable bonds is 4. The van der Waals surface area contributed by atoms with E-state index in [4.69, 9.17) is 0 Å². The number of benzene rings is 1. The zero-order valence-electron chi connectivity index (χ0n) is 10.6. The van der Waals surface area contributed by atoms with Crippen molar-refractivity contribution in [2.75, 3.05) is 0 Å². The summed E-state index contributed by atoms with van der Waals surface area (Å²) in [5.41, 5.74) is 2.00. The summed E-state index contributed by atoms with van der Waals surface area (Å²) in [4.78, 5) is 11.8. The molecule has 0 fully saturated rings. The van der Waals surface area contributed by atoms with E-state index in [1.807, 2.05) is 49.0 Å². The molecule has 3 heteroatoms. The van der Waals surface area contributed by atoms with Gasteiger partial charge in [0.2, 0.25) is 0 Å². The van der Waals surface area contributed by atoms with Gasteiger partial charge in [-0.25, -0.2) is 0 Å². The zero-order chi connectivity index (χ0) is 13.1. The Balaban J connectivity index is 2.14. The first-order valence-corrected chi connectivity index (χ1v) is 6.80. The van der Waals surface area contributed by atoms with E-state index in [2.05, 4.69) is 28.1 Å². The Labute approximate surface area is 116 Å². The van der Waals surface area contributed by atoms with Crippen LogP contribution in [0.3, 0.4) is 0 Å². The monoisotopic (exact) mass is 305 g/mol. The molecule has 0 saturated carbocycles. The fourth-order valence-corrected chi connectivity index (χ4v) is 2.31. The van der Waals surface area contributed by atoms with Gasteiger partial charge in [0.15, 0.2) is 5.78 Å². The van der Waals surface area contributed by atoms with Gasteiger partial charge in [-0.1, -0.05) is 41.9 Å². The van der Waals surface area contributed by atoms with Gasteiger partial charge >= 0.3 is 0 Å². The smallest absolute Gasteiger partial charge is 0.166 e. The van der Waals surface area contributed by atoms with Crippen LogP contribution in [0.5, 0.6) is 0 Å². The Bertz CT molecular complexity index is 557. The molecular weight excluding hydrogens is 290 g/mol. The van der Waals surface area contributed by atoms with Crippen molar-refractivity contribution < 1.29 is 4.79 Å². The summed E-state index contributed by atoms with van der Waals surface area (Å²) in [6.45, 7) is 4.63. The van der Waals surface area contributed by atoms with Gasteiger partial charge in [-0.2, -0.15) is 0 Å². The SMILES string of the molecule is CC(C)C(=O)c1ccn(Cc2cccc(Br)c2)c1. The molecule has 0 atom stereocenters. The molecule has 0 aliphatic heterocycles. The summed E-state index contributed by atoms with van der Waals surface area (Å²) in [6.07, 6.45) is 3.87. The Morgan fingerprint density at radius 3 is 2.78 bits per heavy atom. The lowest BCUT2D eigenvalue weighted by atomic mass is 10.0. The first-order valence-electron chi connectivity index (χ1n) is 6.00. The molecule has 0 N–H and O–H groups in total. The van der Waals surface area contributed by atoms with E-state index < -0.39 is 0 Å². The number of hydrogen-bond donors (Lipinski definition) is 0. The highest BCUT2D eigenvalue weighted by atomic mass is 79.9. The molecule has 94 valence electrons. The number of halogens is 1. The molecule has 2 nitrogen and oxygen atoms in total. The lowest BCUT2D eigenvalue weighted by molar-refractivity contribution is 0.0939. The molecule has 0 spiro atoms. The fraction of sp³-hybridized carbons (Fsp3) is 0.267. The van der Waals surface area contributed by atoms with Crippen LogP contribution in [-0.4, -0.2) is 10.4 Å². The van der Waals surface area contributed by atoms with Gasteiger partial charge in [-0.3, -0.25) is 4.79 Å². The van der Waals surface area contributed by atoms with Crippen LogP contribution < -0.4 is 0 Å². The molecule has 1 aromatic heterocycles. The molecule has 1 aromatic carbocycles. The van der Waals surface area contributed by atoms with Crippen LogP contribution in [-0.2, 0) is 6.54 Å². The highest BCUT2D eigenvalue weighted by Crippen LogP contribution is 2.14. The first kappa shape index (κ1) is 13.1. The minimum absolute atomic E-state index is 0.0479. The standard InChI is InChI=1S/C15H16BrNO/c1-11(2)15(18)13-6-7-17(10-13)9-12-4-3-5-14(16)8-12/h3-8,10-11H,9H2,1-2H3. The second-order valence-electron chi connectivity index (χ2n) is 4.72. The van der Waals surface area contributed by atoms with Crippen LogP contribution >= 0.6 is 15.9 Å². The number of ketones is 1. The summed E-state index contributed by atoms with van der Waals surface area (Å²) in [5, 5.41) is 0. The van der Waals surface area contributed by atoms with Gasteiger partial charge in [-0.15, -0.1) is 0 Å². The predicted octanol–water partition coefficient (Wildman–Crippen LogP) is 4.14. The summed E-state index contributed by atoms with van der Waals surface area (Å²) < 4.78 is 3.11. The quantitative estimate of drug-likeness (QED) is 0.778. The molecule has 1 heterocycles. The Morgan fingerprint density at radius 1 is 1.33 bits per heavy atom. The van der Waals surface area contributed by atoms with Gasteiger partial charge < -0.3 is 4.57 Å². The van der Waals surface area contributed by atoms with Crippen molar-refractivity contribution in [3.8, 4) is 0 Å². The predicted molar refractivity (Wildman–Crippen MR) is 76.8 cm³/mol. The Kier molecular flexibility index (Phi) is 4.02. The van der Waals surface area contributed by atoms with Crippen molar-refractivity contribution in [3.63, 3.8) is 0 Å². The average molecular weight is 306 g/mol. The number of nitrogens with zero attached hydrogens (tertiary/aromatic N) is 1. The molecular formula is C15H16BrNO. The number of hydrogen-bond acceptors (Lipinski definition) is 1. The Hall–Kier alpha value is -1.35.